The highest BCUT2D eigenvalue weighted by Gasteiger charge is 2.39. The molecule has 260 valence electrons. The molecular formula is C34H47N13O2. The smallest absolute Gasteiger partial charge is 0.224 e. The molecule has 0 spiro atoms. The van der Waals surface area contributed by atoms with Gasteiger partial charge in [-0.25, -0.2) is 14.0 Å². The summed E-state index contributed by atoms with van der Waals surface area (Å²) in [5.74, 6) is 2.68. The number of fused-ring (bicyclic) bond motifs is 1. The summed E-state index contributed by atoms with van der Waals surface area (Å²) in [4.78, 5) is 12.0. The lowest BCUT2D eigenvalue weighted by Gasteiger charge is -2.31. The summed E-state index contributed by atoms with van der Waals surface area (Å²) < 4.78 is 12.9. The molecule has 2 atom stereocenters. The van der Waals surface area contributed by atoms with Gasteiger partial charge in [0.15, 0.2) is 17.5 Å². The Balaban J connectivity index is 1.19. The number of aromatic nitrogens is 12. The fraction of sp³-hybridized carbons (Fsp3) is 0.706. The van der Waals surface area contributed by atoms with E-state index in [-0.39, 0.29) is 35.9 Å². The van der Waals surface area contributed by atoms with Crippen LogP contribution in [0.5, 0.6) is 5.75 Å². The molecule has 0 bridgehead atoms. The van der Waals surface area contributed by atoms with Gasteiger partial charge in [-0.05, 0) is 100.0 Å². The average molecular weight is 670 g/mol. The molecule has 1 aliphatic heterocycles. The number of hydrogen-bond acceptors (Lipinski definition) is 11. The predicted molar refractivity (Wildman–Crippen MR) is 178 cm³/mol. The van der Waals surface area contributed by atoms with E-state index in [0.29, 0.717) is 25.9 Å². The predicted octanol–water partition coefficient (Wildman–Crippen LogP) is 5.24. The molecule has 3 fully saturated rings. The minimum Gasteiger partial charge on any atom is -0.493 e. The van der Waals surface area contributed by atoms with Crippen LogP contribution in [0, 0.1) is 0 Å². The maximum absolute atomic E-state index is 12.0. The average Bonchev–Trinajstić information content (AvgIpc) is 3.94. The number of aryl methyl sites for hydroxylation is 1. The van der Waals surface area contributed by atoms with Crippen molar-refractivity contribution in [2.24, 2.45) is 0 Å². The second kappa shape index (κ2) is 14.7. The van der Waals surface area contributed by atoms with E-state index >= 15 is 0 Å². The third-order valence-electron chi connectivity index (χ3n) is 11.3. The van der Waals surface area contributed by atoms with E-state index in [2.05, 4.69) is 55.7 Å². The maximum atomic E-state index is 12.0. The van der Waals surface area contributed by atoms with E-state index in [1.54, 1.807) is 0 Å². The van der Waals surface area contributed by atoms with Gasteiger partial charge in [-0.2, -0.15) is 0 Å². The molecule has 4 aliphatic rings. The molecule has 1 N–H and O–H groups in total. The zero-order valence-electron chi connectivity index (χ0n) is 28.2. The van der Waals surface area contributed by atoms with Gasteiger partial charge in [0.1, 0.15) is 5.75 Å². The van der Waals surface area contributed by atoms with Crippen molar-refractivity contribution < 1.29 is 9.53 Å². The van der Waals surface area contributed by atoms with Gasteiger partial charge in [-0.3, -0.25) is 4.79 Å². The molecule has 49 heavy (non-hydrogen) atoms. The number of hydrogen-bond donors (Lipinski definition) is 1. The molecular weight excluding hydrogens is 622 g/mol. The third-order valence-corrected chi connectivity index (χ3v) is 11.3. The molecule has 1 amide bonds. The molecule has 15 heteroatoms. The molecule has 8 rings (SSSR count). The zero-order valence-corrected chi connectivity index (χ0v) is 28.2. The van der Waals surface area contributed by atoms with Gasteiger partial charge in [-0.1, -0.05) is 57.8 Å². The summed E-state index contributed by atoms with van der Waals surface area (Å²) >= 11 is 0. The maximum Gasteiger partial charge on any atom is 0.224 e. The Labute approximate surface area is 285 Å². The first-order chi connectivity index (χ1) is 24.2. The fourth-order valence-electron chi connectivity index (χ4n) is 8.63. The van der Waals surface area contributed by atoms with Crippen LogP contribution in [0.1, 0.15) is 156 Å². The topological polar surface area (TPSA) is 169 Å². The molecule has 15 nitrogen and oxygen atoms in total. The van der Waals surface area contributed by atoms with Gasteiger partial charge in [0.25, 0.3) is 0 Å². The number of anilines is 1. The number of tetrazole rings is 3. The number of amides is 1. The van der Waals surface area contributed by atoms with Crippen molar-refractivity contribution in [3.05, 3.63) is 41.2 Å². The molecule has 0 saturated heterocycles. The zero-order chi connectivity index (χ0) is 33.0. The van der Waals surface area contributed by atoms with Crippen molar-refractivity contribution in [2.45, 2.75) is 146 Å². The normalized spacial score (nSPS) is 20.9. The second-order valence-corrected chi connectivity index (χ2v) is 14.5. The van der Waals surface area contributed by atoms with Crippen LogP contribution in [0.2, 0.25) is 0 Å². The minimum atomic E-state index is -0.294. The number of ether oxygens (including phenoxy) is 1. The van der Waals surface area contributed by atoms with Crippen molar-refractivity contribution in [2.75, 3.05) is 11.9 Å². The lowest BCUT2D eigenvalue weighted by atomic mass is 9.86. The van der Waals surface area contributed by atoms with E-state index in [9.17, 15) is 4.79 Å². The van der Waals surface area contributed by atoms with E-state index in [4.69, 9.17) is 14.9 Å². The Kier molecular flexibility index (Phi) is 9.56. The van der Waals surface area contributed by atoms with Crippen LogP contribution in [-0.4, -0.2) is 73.1 Å². The summed E-state index contributed by atoms with van der Waals surface area (Å²) in [5.41, 5.74) is 1.92. The molecule has 3 saturated carbocycles. The highest BCUT2D eigenvalue weighted by atomic mass is 16.5. The van der Waals surface area contributed by atoms with E-state index in [1.807, 2.05) is 18.2 Å². The van der Waals surface area contributed by atoms with Gasteiger partial charge >= 0.3 is 0 Å². The Hall–Kier alpha value is -4.30. The van der Waals surface area contributed by atoms with Crippen molar-refractivity contribution >= 4 is 11.6 Å². The Morgan fingerprint density at radius 3 is 1.86 bits per heavy atom. The molecule has 4 heterocycles. The first kappa shape index (κ1) is 31.9. The lowest BCUT2D eigenvalue weighted by Crippen LogP contribution is -2.30. The lowest BCUT2D eigenvalue weighted by molar-refractivity contribution is -0.116. The SMILES string of the molecule is O=C1CCc2cc(OCC(c3nnnn3C3CCCCC3)C(Cc3nnnn3C3CCCCC3)c3nnnn3C3CCCCC3)ccc2N1. The molecule has 3 aliphatic carbocycles. The number of rotatable bonds is 11. The Bertz CT molecular complexity index is 1700. The molecule has 1 aromatic carbocycles. The molecule has 2 unspecified atom stereocenters. The van der Waals surface area contributed by atoms with Gasteiger partial charge in [0, 0.05) is 24.4 Å². The van der Waals surface area contributed by atoms with E-state index < -0.39 is 0 Å². The Morgan fingerprint density at radius 1 is 0.673 bits per heavy atom. The first-order valence-corrected chi connectivity index (χ1v) is 18.6. The van der Waals surface area contributed by atoms with Gasteiger partial charge in [0.2, 0.25) is 5.91 Å². The number of benzene rings is 1. The van der Waals surface area contributed by atoms with Crippen LogP contribution < -0.4 is 10.1 Å². The monoisotopic (exact) mass is 669 g/mol. The molecule has 4 aromatic rings. The highest BCUT2D eigenvalue weighted by molar-refractivity contribution is 5.94. The highest BCUT2D eigenvalue weighted by Crippen LogP contribution is 2.40. The standard InChI is InChI=1S/C34H47N13O2/c48-32-19-16-23-20-27(17-18-30(23)35-32)49-22-29(34-38-41-44-47(34)26-14-8-3-9-15-26)28(33-37-40-43-46(33)25-12-6-2-7-13-25)21-31-36-39-42-45(31)24-10-4-1-5-11-24/h17-18,20,24-26,28-29H,1-16,19,21-22H2,(H,35,48). The van der Waals surface area contributed by atoms with Crippen LogP contribution in [0.15, 0.2) is 18.2 Å². The number of nitrogens with zero attached hydrogens (tertiary/aromatic N) is 12. The number of carbonyl (C=O) groups is 1. The van der Waals surface area contributed by atoms with E-state index in [0.717, 1.165) is 85.8 Å². The summed E-state index contributed by atoms with van der Waals surface area (Å²) in [6.07, 6.45) is 18.8. The van der Waals surface area contributed by atoms with Crippen molar-refractivity contribution in [1.82, 2.24) is 60.6 Å². The van der Waals surface area contributed by atoms with Gasteiger partial charge < -0.3 is 10.1 Å². The van der Waals surface area contributed by atoms with Crippen LogP contribution in [0.3, 0.4) is 0 Å². The first-order valence-electron chi connectivity index (χ1n) is 18.6. The second-order valence-electron chi connectivity index (χ2n) is 14.5. The van der Waals surface area contributed by atoms with Crippen LogP contribution in [0.4, 0.5) is 5.69 Å². The number of nitrogens with one attached hydrogen (secondary N) is 1. The fourth-order valence-corrected chi connectivity index (χ4v) is 8.63. The quantitative estimate of drug-likeness (QED) is 0.222. The molecule has 0 radical (unpaired) electrons. The molecule has 3 aromatic heterocycles. The number of carbonyl (C=O) groups excluding carboxylic acids is 1. The summed E-state index contributed by atoms with van der Waals surface area (Å²) in [6, 6.07) is 6.66. The van der Waals surface area contributed by atoms with Crippen molar-refractivity contribution in [1.29, 1.82) is 0 Å². The largest absolute Gasteiger partial charge is 0.493 e. The van der Waals surface area contributed by atoms with E-state index in [1.165, 1.54) is 44.9 Å². The van der Waals surface area contributed by atoms with Crippen molar-refractivity contribution in [3.8, 4) is 5.75 Å². The summed E-state index contributed by atoms with van der Waals surface area (Å²) in [6.45, 7) is 0.311. The van der Waals surface area contributed by atoms with Crippen LogP contribution in [-0.2, 0) is 17.6 Å². The van der Waals surface area contributed by atoms with Crippen LogP contribution in [0.25, 0.3) is 0 Å². The van der Waals surface area contributed by atoms with Gasteiger partial charge in [0.05, 0.1) is 30.7 Å². The summed E-state index contributed by atoms with van der Waals surface area (Å²) in [7, 11) is 0. The third kappa shape index (κ3) is 6.93. The minimum absolute atomic E-state index is 0.0462. The van der Waals surface area contributed by atoms with Crippen molar-refractivity contribution in [3.63, 3.8) is 0 Å². The van der Waals surface area contributed by atoms with Gasteiger partial charge in [-0.15, -0.1) is 15.3 Å². The summed E-state index contributed by atoms with van der Waals surface area (Å²) in [5, 5.41) is 43.6. The Morgan fingerprint density at radius 2 is 1.22 bits per heavy atom. The van der Waals surface area contributed by atoms with Crippen LogP contribution >= 0.6 is 0 Å².